The van der Waals surface area contributed by atoms with Gasteiger partial charge in [-0.25, -0.2) is 0 Å². The Bertz CT molecular complexity index is 653. The van der Waals surface area contributed by atoms with Crippen molar-refractivity contribution < 1.29 is 18.7 Å². The molecular weight excluding hydrogens is 293 g/mol. The van der Waals surface area contributed by atoms with Gasteiger partial charge in [-0.3, -0.25) is 4.79 Å². The Labute approximate surface area is 118 Å². The summed E-state index contributed by atoms with van der Waals surface area (Å²) in [5, 5.41) is 3.00. The second-order valence-electron chi connectivity index (χ2n) is 3.75. The molecule has 1 amide bonds. The van der Waals surface area contributed by atoms with Crippen LogP contribution < -0.4 is 14.8 Å². The summed E-state index contributed by atoms with van der Waals surface area (Å²) in [5.74, 6) is 0.654. The predicted octanol–water partition coefficient (Wildman–Crippen LogP) is 3.57. The monoisotopic (exact) mass is 299 g/mol. The number of anilines is 1. The van der Waals surface area contributed by atoms with Gasteiger partial charge in [-0.15, -0.1) is 0 Å². The molecule has 7 heteroatoms. The van der Waals surface area contributed by atoms with Gasteiger partial charge in [-0.2, -0.15) is 0 Å². The van der Waals surface area contributed by atoms with Crippen molar-refractivity contribution in [2.45, 2.75) is 0 Å². The maximum atomic E-state index is 12.0. The molecule has 2 heterocycles. The lowest BCUT2D eigenvalue weighted by Crippen LogP contribution is -2.11. The highest BCUT2D eigenvalue weighted by Gasteiger charge is 2.19. The fourth-order valence-corrected chi connectivity index (χ4v) is 2.06. The Morgan fingerprint density at radius 2 is 1.95 bits per heavy atom. The Morgan fingerprint density at radius 1 is 1.21 bits per heavy atom. The molecule has 98 valence electrons. The van der Waals surface area contributed by atoms with E-state index in [-0.39, 0.29) is 17.6 Å². The second-order valence-corrected chi connectivity index (χ2v) is 4.50. The SMILES string of the molecule is O=C(Nc1cc2c(cc1Cl)OCO2)c1ccoc1Cl. The number of ether oxygens (including phenoxy) is 2. The second kappa shape index (κ2) is 4.68. The van der Waals surface area contributed by atoms with Crippen molar-refractivity contribution in [3.8, 4) is 11.5 Å². The minimum Gasteiger partial charge on any atom is -0.454 e. The van der Waals surface area contributed by atoms with Crippen LogP contribution in [0.1, 0.15) is 10.4 Å². The van der Waals surface area contributed by atoms with E-state index in [2.05, 4.69) is 5.32 Å². The first-order valence-electron chi connectivity index (χ1n) is 5.28. The molecule has 0 saturated heterocycles. The molecule has 0 bridgehead atoms. The van der Waals surface area contributed by atoms with Crippen molar-refractivity contribution in [2.24, 2.45) is 0 Å². The van der Waals surface area contributed by atoms with Crippen LogP contribution in [0.3, 0.4) is 0 Å². The summed E-state index contributed by atoms with van der Waals surface area (Å²) >= 11 is 11.8. The molecule has 0 unspecified atom stereocenters. The van der Waals surface area contributed by atoms with Crippen molar-refractivity contribution in [1.82, 2.24) is 0 Å². The van der Waals surface area contributed by atoms with Gasteiger partial charge in [0.25, 0.3) is 5.91 Å². The van der Waals surface area contributed by atoms with Crippen molar-refractivity contribution in [1.29, 1.82) is 0 Å². The van der Waals surface area contributed by atoms with E-state index in [1.54, 1.807) is 12.1 Å². The number of hydrogen-bond donors (Lipinski definition) is 1. The highest BCUT2D eigenvalue weighted by atomic mass is 35.5. The number of hydrogen-bond acceptors (Lipinski definition) is 4. The smallest absolute Gasteiger partial charge is 0.260 e. The van der Waals surface area contributed by atoms with E-state index < -0.39 is 5.91 Å². The molecular formula is C12H7Cl2NO4. The molecule has 0 radical (unpaired) electrons. The third kappa shape index (κ3) is 2.22. The largest absolute Gasteiger partial charge is 0.454 e. The zero-order chi connectivity index (χ0) is 13.4. The van der Waals surface area contributed by atoms with Crippen LogP contribution in [0.25, 0.3) is 0 Å². The number of nitrogens with one attached hydrogen (secondary N) is 1. The quantitative estimate of drug-likeness (QED) is 0.921. The predicted molar refractivity (Wildman–Crippen MR) is 69.2 cm³/mol. The van der Waals surface area contributed by atoms with Gasteiger partial charge in [0.05, 0.1) is 22.5 Å². The standard InChI is InChI=1S/C12H7Cl2NO4/c13-7-3-9-10(19-5-18-9)4-8(7)15-12(16)6-1-2-17-11(6)14/h1-4H,5H2,(H,15,16). The molecule has 0 atom stereocenters. The van der Waals surface area contributed by atoms with E-state index >= 15 is 0 Å². The van der Waals surface area contributed by atoms with Gasteiger partial charge in [-0.1, -0.05) is 11.6 Å². The van der Waals surface area contributed by atoms with E-state index in [4.69, 9.17) is 37.1 Å². The highest BCUT2D eigenvalue weighted by Crippen LogP contribution is 2.39. The average molecular weight is 300 g/mol. The lowest BCUT2D eigenvalue weighted by Gasteiger charge is -2.07. The molecule has 1 aliphatic rings. The minimum atomic E-state index is -0.417. The molecule has 0 saturated carbocycles. The summed E-state index contributed by atoms with van der Waals surface area (Å²) < 4.78 is 15.2. The van der Waals surface area contributed by atoms with E-state index in [1.807, 2.05) is 0 Å². The fourth-order valence-electron chi connectivity index (χ4n) is 1.66. The van der Waals surface area contributed by atoms with Crippen LogP contribution in [0, 0.1) is 0 Å². The fraction of sp³-hybridized carbons (Fsp3) is 0.0833. The minimum absolute atomic E-state index is 0.0226. The first kappa shape index (κ1) is 12.2. The molecule has 1 N–H and O–H groups in total. The van der Waals surface area contributed by atoms with Crippen molar-refractivity contribution >= 4 is 34.8 Å². The van der Waals surface area contributed by atoms with Gasteiger partial charge in [0.15, 0.2) is 11.5 Å². The lowest BCUT2D eigenvalue weighted by atomic mass is 10.2. The number of carbonyl (C=O) groups is 1. The maximum Gasteiger partial charge on any atom is 0.260 e. The Kier molecular flexibility index (Phi) is 3.00. The van der Waals surface area contributed by atoms with Gasteiger partial charge in [0.1, 0.15) is 0 Å². The molecule has 0 fully saturated rings. The lowest BCUT2D eigenvalue weighted by molar-refractivity contribution is 0.102. The topological polar surface area (TPSA) is 60.7 Å². The van der Waals surface area contributed by atoms with Gasteiger partial charge >= 0.3 is 0 Å². The van der Waals surface area contributed by atoms with Crippen LogP contribution >= 0.6 is 23.2 Å². The number of rotatable bonds is 2. The van der Waals surface area contributed by atoms with Gasteiger partial charge < -0.3 is 19.2 Å². The number of benzene rings is 1. The summed E-state index contributed by atoms with van der Waals surface area (Å²) in [6.45, 7) is 0.136. The first-order valence-corrected chi connectivity index (χ1v) is 6.04. The zero-order valence-corrected chi connectivity index (χ0v) is 10.9. The van der Waals surface area contributed by atoms with Crippen LogP contribution in [0.4, 0.5) is 5.69 Å². The van der Waals surface area contributed by atoms with Crippen molar-refractivity contribution in [2.75, 3.05) is 12.1 Å². The molecule has 19 heavy (non-hydrogen) atoms. The molecule has 1 aromatic carbocycles. The molecule has 5 nitrogen and oxygen atoms in total. The third-order valence-electron chi connectivity index (χ3n) is 2.57. The Morgan fingerprint density at radius 3 is 2.63 bits per heavy atom. The number of furan rings is 1. The zero-order valence-electron chi connectivity index (χ0n) is 9.41. The van der Waals surface area contributed by atoms with Crippen LogP contribution in [0.5, 0.6) is 11.5 Å². The molecule has 3 rings (SSSR count). The summed E-state index contributed by atoms with van der Waals surface area (Å²) in [6, 6.07) is 4.64. The maximum absolute atomic E-state index is 12.0. The molecule has 1 aliphatic heterocycles. The van der Waals surface area contributed by atoms with Gasteiger partial charge in [0, 0.05) is 12.1 Å². The summed E-state index contributed by atoms with van der Waals surface area (Å²) in [5.41, 5.74) is 0.642. The number of amides is 1. The Balaban J connectivity index is 1.88. The summed E-state index contributed by atoms with van der Waals surface area (Å²) in [7, 11) is 0. The third-order valence-corrected chi connectivity index (χ3v) is 3.18. The molecule has 1 aromatic heterocycles. The van der Waals surface area contributed by atoms with E-state index in [0.717, 1.165) is 0 Å². The molecule has 2 aromatic rings. The Hall–Kier alpha value is -1.85. The van der Waals surface area contributed by atoms with Crippen LogP contribution in [-0.2, 0) is 0 Å². The van der Waals surface area contributed by atoms with Crippen molar-refractivity contribution in [3.63, 3.8) is 0 Å². The summed E-state index contributed by atoms with van der Waals surface area (Å²) in [4.78, 5) is 12.0. The highest BCUT2D eigenvalue weighted by molar-refractivity contribution is 6.35. The van der Waals surface area contributed by atoms with Crippen molar-refractivity contribution in [3.05, 3.63) is 40.3 Å². The average Bonchev–Trinajstić information content (AvgIpc) is 2.98. The number of fused-ring (bicyclic) bond motifs is 1. The van der Waals surface area contributed by atoms with Crippen LogP contribution in [-0.4, -0.2) is 12.7 Å². The van der Waals surface area contributed by atoms with Crippen LogP contribution in [0.15, 0.2) is 28.9 Å². The number of carbonyl (C=O) groups excluding carboxylic acids is 1. The van der Waals surface area contributed by atoms with Crippen LogP contribution in [0.2, 0.25) is 10.2 Å². The van der Waals surface area contributed by atoms with E-state index in [0.29, 0.717) is 22.2 Å². The van der Waals surface area contributed by atoms with Gasteiger partial charge in [-0.05, 0) is 17.7 Å². The summed E-state index contributed by atoms with van der Waals surface area (Å²) in [6.07, 6.45) is 1.33. The van der Waals surface area contributed by atoms with E-state index in [9.17, 15) is 4.79 Å². The molecule has 0 aliphatic carbocycles. The normalized spacial score (nSPS) is 12.5. The number of halogens is 2. The molecule has 0 spiro atoms. The first-order chi connectivity index (χ1) is 9.15. The van der Waals surface area contributed by atoms with Gasteiger partial charge in [0.2, 0.25) is 12.0 Å². The van der Waals surface area contributed by atoms with E-state index in [1.165, 1.54) is 12.3 Å².